The van der Waals surface area contributed by atoms with Gasteiger partial charge in [0, 0.05) is 24.2 Å². The molecule has 35 heavy (non-hydrogen) atoms. The van der Waals surface area contributed by atoms with Crippen molar-refractivity contribution in [1.29, 1.82) is 0 Å². The van der Waals surface area contributed by atoms with Crippen LogP contribution in [-0.2, 0) is 14.2 Å². The lowest BCUT2D eigenvalue weighted by Gasteiger charge is -2.70. The zero-order valence-electron chi connectivity index (χ0n) is 23.0. The summed E-state index contributed by atoms with van der Waals surface area (Å²) in [5, 5.41) is 21.7. The molecule has 3 saturated heterocycles. The molecule has 12 atom stereocenters. The molecule has 0 aromatic heterocycles. The summed E-state index contributed by atoms with van der Waals surface area (Å²) in [7, 11) is 0. The fraction of sp³-hybridized carbons (Fsp3) is 1.00. The summed E-state index contributed by atoms with van der Waals surface area (Å²) in [4.78, 5) is 0. The molecular formula is C30H48O5. The average molecular weight is 489 g/mol. The summed E-state index contributed by atoms with van der Waals surface area (Å²) in [6.45, 7) is 16.7. The third-order valence-corrected chi connectivity index (χ3v) is 13.9. The summed E-state index contributed by atoms with van der Waals surface area (Å²) in [6, 6.07) is 0. The highest BCUT2D eigenvalue weighted by Crippen LogP contribution is 2.81. The maximum absolute atomic E-state index is 10.9. The number of rotatable bonds is 1. The van der Waals surface area contributed by atoms with Gasteiger partial charge in [0.1, 0.15) is 5.60 Å². The molecule has 3 aliphatic heterocycles. The average Bonchev–Trinajstić information content (AvgIpc) is 3.43. The van der Waals surface area contributed by atoms with E-state index in [2.05, 4.69) is 34.6 Å². The van der Waals surface area contributed by atoms with E-state index in [9.17, 15) is 10.2 Å². The maximum Gasteiger partial charge on any atom is 0.175 e. The first-order valence-electron chi connectivity index (χ1n) is 14.5. The van der Waals surface area contributed by atoms with Crippen molar-refractivity contribution in [3.63, 3.8) is 0 Å². The summed E-state index contributed by atoms with van der Waals surface area (Å²) >= 11 is 0. The number of fused-ring (bicyclic) bond motifs is 6. The van der Waals surface area contributed by atoms with E-state index in [0.29, 0.717) is 17.8 Å². The standard InChI is InChI=1S/C30H48O5/c1-24(2)18-10-13-27(6)19(26(18,5)12-11-20(24)31)9-8-17-23-28(7)22(14-21(34-28)25(3,4)32)35-30(23)15-29(17,27)16-33-30/h17-23,31-32H,8-16H2,1-7H3. The maximum atomic E-state index is 10.9. The summed E-state index contributed by atoms with van der Waals surface area (Å²) in [6.07, 6.45) is 8.39. The van der Waals surface area contributed by atoms with Crippen molar-refractivity contribution in [3.05, 3.63) is 0 Å². The number of aliphatic hydroxyl groups excluding tert-OH is 1. The molecule has 7 rings (SSSR count). The lowest BCUT2D eigenvalue weighted by molar-refractivity contribution is -0.270. The van der Waals surface area contributed by atoms with Crippen LogP contribution in [0.5, 0.6) is 0 Å². The lowest BCUT2D eigenvalue weighted by Crippen LogP contribution is -2.66. The van der Waals surface area contributed by atoms with Gasteiger partial charge in [-0.2, -0.15) is 0 Å². The van der Waals surface area contributed by atoms with Crippen LogP contribution in [0, 0.1) is 45.3 Å². The molecule has 4 saturated carbocycles. The van der Waals surface area contributed by atoms with E-state index in [1.54, 1.807) is 0 Å². The molecule has 0 aromatic rings. The van der Waals surface area contributed by atoms with Gasteiger partial charge in [-0.25, -0.2) is 0 Å². The number of ether oxygens (including phenoxy) is 3. The molecule has 7 aliphatic rings. The Morgan fingerprint density at radius 2 is 1.63 bits per heavy atom. The number of hydrogen-bond donors (Lipinski definition) is 2. The fourth-order valence-corrected chi connectivity index (χ4v) is 12.2. The zero-order chi connectivity index (χ0) is 25.0. The number of aliphatic hydroxyl groups is 2. The molecule has 198 valence electrons. The van der Waals surface area contributed by atoms with Gasteiger partial charge in [0.2, 0.25) is 0 Å². The highest BCUT2D eigenvalue weighted by Gasteiger charge is 2.84. The highest BCUT2D eigenvalue weighted by molar-refractivity contribution is 5.28. The zero-order valence-corrected chi connectivity index (χ0v) is 23.0. The minimum Gasteiger partial charge on any atom is -0.393 e. The molecule has 2 bridgehead atoms. The minimum absolute atomic E-state index is 0.000519. The Kier molecular flexibility index (Phi) is 4.43. The minimum atomic E-state index is -0.866. The summed E-state index contributed by atoms with van der Waals surface area (Å²) in [5.74, 6) is 1.52. The summed E-state index contributed by atoms with van der Waals surface area (Å²) < 4.78 is 20.5. The van der Waals surface area contributed by atoms with Crippen molar-refractivity contribution in [2.75, 3.05) is 6.61 Å². The van der Waals surface area contributed by atoms with Crippen molar-refractivity contribution >= 4 is 0 Å². The molecule has 0 aromatic carbocycles. The van der Waals surface area contributed by atoms with Crippen molar-refractivity contribution in [2.45, 2.75) is 135 Å². The van der Waals surface area contributed by atoms with E-state index in [0.717, 1.165) is 32.3 Å². The second kappa shape index (κ2) is 6.50. The van der Waals surface area contributed by atoms with E-state index >= 15 is 0 Å². The highest BCUT2D eigenvalue weighted by atomic mass is 16.7. The largest absolute Gasteiger partial charge is 0.393 e. The smallest absolute Gasteiger partial charge is 0.175 e. The van der Waals surface area contributed by atoms with Gasteiger partial charge in [-0.05, 0) is 93.3 Å². The van der Waals surface area contributed by atoms with Gasteiger partial charge in [-0.3, -0.25) is 0 Å². The van der Waals surface area contributed by atoms with Gasteiger partial charge in [0.25, 0.3) is 0 Å². The van der Waals surface area contributed by atoms with Gasteiger partial charge in [0.05, 0.1) is 30.5 Å². The molecule has 7 fully saturated rings. The van der Waals surface area contributed by atoms with Gasteiger partial charge < -0.3 is 24.4 Å². The Balaban J connectivity index is 1.27. The monoisotopic (exact) mass is 488 g/mol. The lowest BCUT2D eigenvalue weighted by atomic mass is 9.35. The first kappa shape index (κ1) is 23.9. The topological polar surface area (TPSA) is 68.2 Å². The van der Waals surface area contributed by atoms with Crippen LogP contribution in [0.15, 0.2) is 0 Å². The van der Waals surface area contributed by atoms with Gasteiger partial charge in [-0.15, -0.1) is 0 Å². The van der Waals surface area contributed by atoms with Gasteiger partial charge in [0.15, 0.2) is 5.79 Å². The van der Waals surface area contributed by atoms with E-state index in [1.807, 2.05) is 13.8 Å². The van der Waals surface area contributed by atoms with Crippen LogP contribution in [0.2, 0.25) is 0 Å². The Labute approximate surface area is 211 Å². The molecule has 2 spiro atoms. The van der Waals surface area contributed by atoms with E-state index in [4.69, 9.17) is 14.2 Å². The van der Waals surface area contributed by atoms with Gasteiger partial charge >= 0.3 is 0 Å². The quantitative estimate of drug-likeness (QED) is 0.540. The van der Waals surface area contributed by atoms with E-state index in [1.165, 1.54) is 25.7 Å². The van der Waals surface area contributed by atoms with Crippen molar-refractivity contribution in [2.24, 2.45) is 45.3 Å². The Morgan fingerprint density at radius 1 is 0.886 bits per heavy atom. The fourth-order valence-electron chi connectivity index (χ4n) is 12.2. The summed E-state index contributed by atoms with van der Waals surface area (Å²) in [5.41, 5.74) is -0.647. The predicted molar refractivity (Wildman–Crippen MR) is 132 cm³/mol. The van der Waals surface area contributed by atoms with E-state index in [-0.39, 0.29) is 45.9 Å². The second-order valence-corrected chi connectivity index (χ2v) is 15.8. The van der Waals surface area contributed by atoms with Crippen LogP contribution < -0.4 is 0 Å². The Bertz CT molecular complexity index is 942. The van der Waals surface area contributed by atoms with Crippen molar-refractivity contribution in [3.8, 4) is 0 Å². The molecule has 3 heterocycles. The molecule has 0 radical (unpaired) electrons. The third-order valence-electron chi connectivity index (χ3n) is 13.9. The molecule has 12 unspecified atom stereocenters. The number of hydrogen-bond acceptors (Lipinski definition) is 5. The molecule has 4 aliphatic carbocycles. The van der Waals surface area contributed by atoms with Crippen LogP contribution in [0.1, 0.15) is 99.8 Å². The van der Waals surface area contributed by atoms with Gasteiger partial charge in [-0.1, -0.05) is 27.7 Å². The third kappa shape index (κ3) is 2.51. The first-order valence-corrected chi connectivity index (χ1v) is 14.5. The van der Waals surface area contributed by atoms with Crippen LogP contribution >= 0.6 is 0 Å². The van der Waals surface area contributed by atoms with Crippen LogP contribution in [0.25, 0.3) is 0 Å². The Hall–Kier alpha value is -0.200. The molecule has 0 amide bonds. The van der Waals surface area contributed by atoms with E-state index < -0.39 is 17.0 Å². The SMILES string of the molecule is CC(C)(O)C1CC2OC34CC5(CO3)C(CCC3C6(C)CCC(O)C(C)(C)C6CCC35C)C4C2(C)O1. The van der Waals surface area contributed by atoms with Crippen LogP contribution in [0.3, 0.4) is 0 Å². The van der Waals surface area contributed by atoms with Crippen LogP contribution in [0.4, 0.5) is 0 Å². The molecule has 5 heteroatoms. The normalized spacial score (nSPS) is 62.1. The predicted octanol–water partition coefficient (Wildman–Crippen LogP) is 5.07. The molecule has 5 nitrogen and oxygen atoms in total. The second-order valence-electron chi connectivity index (χ2n) is 15.8. The van der Waals surface area contributed by atoms with Crippen molar-refractivity contribution < 1.29 is 24.4 Å². The Morgan fingerprint density at radius 3 is 2.34 bits per heavy atom. The first-order chi connectivity index (χ1) is 16.1. The molecular weight excluding hydrogens is 440 g/mol. The molecule has 2 N–H and O–H groups in total. The van der Waals surface area contributed by atoms with Crippen LogP contribution in [-0.4, -0.2) is 52.1 Å². The van der Waals surface area contributed by atoms with Crippen molar-refractivity contribution in [1.82, 2.24) is 0 Å².